The van der Waals surface area contributed by atoms with Gasteiger partial charge in [-0.25, -0.2) is 4.79 Å². The van der Waals surface area contributed by atoms with Crippen molar-refractivity contribution in [3.63, 3.8) is 0 Å². The van der Waals surface area contributed by atoms with E-state index in [2.05, 4.69) is 4.74 Å². The van der Waals surface area contributed by atoms with Crippen molar-refractivity contribution in [1.29, 1.82) is 0 Å². The zero-order chi connectivity index (χ0) is 13.1. The van der Waals surface area contributed by atoms with Gasteiger partial charge in [0.25, 0.3) is 0 Å². The predicted molar refractivity (Wildman–Crippen MR) is 53.5 cm³/mol. The van der Waals surface area contributed by atoms with Crippen LogP contribution in [0.1, 0.15) is 20.8 Å². The van der Waals surface area contributed by atoms with Crippen molar-refractivity contribution in [3.05, 3.63) is 10.7 Å². The molecule has 0 aromatic heterocycles. The normalized spacial score (nSPS) is 14.5. The molecule has 0 amide bonds. The van der Waals surface area contributed by atoms with Gasteiger partial charge in [-0.3, -0.25) is 0 Å². The van der Waals surface area contributed by atoms with Crippen LogP contribution >= 0.6 is 11.8 Å². The van der Waals surface area contributed by atoms with Gasteiger partial charge in [-0.15, -0.1) is 0 Å². The highest BCUT2D eigenvalue weighted by Gasteiger charge is 2.43. The van der Waals surface area contributed by atoms with Crippen LogP contribution in [0.2, 0.25) is 0 Å². The van der Waals surface area contributed by atoms with Crippen molar-refractivity contribution < 1.29 is 27.1 Å². The summed E-state index contributed by atoms with van der Waals surface area (Å²) in [6, 6.07) is 0. The van der Waals surface area contributed by atoms with E-state index in [0.717, 1.165) is 7.11 Å². The standard InChI is InChI=1S/C9H12F4O2S/c1-8(2,3)16-6(10)5(7(14)15-4)9(11,12)13/h1-4H3/b6-5-. The second-order valence-corrected chi connectivity index (χ2v) is 5.64. The Morgan fingerprint density at radius 3 is 1.88 bits per heavy atom. The number of hydrogen-bond donors (Lipinski definition) is 0. The molecule has 2 nitrogen and oxygen atoms in total. The van der Waals surface area contributed by atoms with Crippen LogP contribution in [-0.2, 0) is 9.53 Å². The molecule has 0 radical (unpaired) electrons. The molecule has 0 saturated heterocycles. The maximum atomic E-state index is 13.3. The summed E-state index contributed by atoms with van der Waals surface area (Å²) in [5.74, 6) is -1.72. The van der Waals surface area contributed by atoms with E-state index in [0.29, 0.717) is 11.8 Å². The van der Waals surface area contributed by atoms with Crippen LogP contribution in [-0.4, -0.2) is 24.0 Å². The van der Waals surface area contributed by atoms with E-state index >= 15 is 0 Å². The Balaban J connectivity index is 5.32. The number of methoxy groups -OCH3 is 1. The lowest BCUT2D eigenvalue weighted by Gasteiger charge is -2.18. The molecule has 0 saturated carbocycles. The van der Waals surface area contributed by atoms with Crippen LogP contribution in [0, 0.1) is 0 Å². The molecule has 0 N–H and O–H groups in total. The van der Waals surface area contributed by atoms with Crippen LogP contribution < -0.4 is 0 Å². The van der Waals surface area contributed by atoms with Gasteiger partial charge < -0.3 is 4.74 Å². The number of halogens is 4. The van der Waals surface area contributed by atoms with Crippen molar-refractivity contribution in [2.75, 3.05) is 7.11 Å². The Hall–Kier alpha value is -0.720. The summed E-state index contributed by atoms with van der Waals surface area (Å²) in [5, 5.41) is -1.58. The third-order valence-corrected chi connectivity index (χ3v) is 2.26. The van der Waals surface area contributed by atoms with Crippen molar-refractivity contribution in [2.45, 2.75) is 31.7 Å². The molecule has 0 bridgehead atoms. The Morgan fingerprint density at radius 2 is 1.62 bits per heavy atom. The molecule has 0 aliphatic rings. The summed E-state index contributed by atoms with van der Waals surface area (Å²) >= 11 is 0.328. The topological polar surface area (TPSA) is 26.3 Å². The lowest BCUT2D eigenvalue weighted by molar-refractivity contribution is -0.148. The number of carbonyl (C=O) groups excluding carboxylic acids is 1. The predicted octanol–water partition coefficient (Wildman–Crippen LogP) is 3.43. The number of thioether (sulfide) groups is 1. The molecular formula is C9H12F4O2S. The smallest absolute Gasteiger partial charge is 0.426 e. The van der Waals surface area contributed by atoms with Gasteiger partial charge in [0.15, 0.2) is 10.7 Å². The summed E-state index contributed by atoms with van der Waals surface area (Å²) in [6.45, 7) is 4.59. The molecule has 0 spiro atoms. The Kier molecular flexibility index (Phi) is 4.85. The SMILES string of the molecule is COC(=O)/C(=C(\F)SC(C)(C)C)C(F)(F)F. The Morgan fingerprint density at radius 1 is 1.19 bits per heavy atom. The first-order chi connectivity index (χ1) is 6.99. The molecule has 7 heteroatoms. The van der Waals surface area contributed by atoms with Gasteiger partial charge in [-0.2, -0.15) is 17.6 Å². The van der Waals surface area contributed by atoms with Crippen LogP contribution in [0.3, 0.4) is 0 Å². The second kappa shape index (κ2) is 5.07. The second-order valence-electron chi connectivity index (χ2n) is 3.85. The van der Waals surface area contributed by atoms with E-state index in [4.69, 9.17) is 0 Å². The molecular weight excluding hydrogens is 248 g/mol. The molecule has 0 heterocycles. The van der Waals surface area contributed by atoms with Gasteiger partial charge in [0.1, 0.15) is 0 Å². The third kappa shape index (κ3) is 4.87. The van der Waals surface area contributed by atoms with Crippen molar-refractivity contribution in [1.82, 2.24) is 0 Å². The molecule has 16 heavy (non-hydrogen) atoms. The fourth-order valence-electron chi connectivity index (χ4n) is 0.729. The first kappa shape index (κ1) is 15.3. The summed E-state index contributed by atoms with van der Waals surface area (Å²) in [7, 11) is 0.767. The van der Waals surface area contributed by atoms with Crippen LogP contribution in [0.25, 0.3) is 0 Å². The number of rotatable bonds is 2. The van der Waals surface area contributed by atoms with E-state index in [1.807, 2.05) is 0 Å². The number of alkyl halides is 3. The van der Waals surface area contributed by atoms with E-state index in [-0.39, 0.29) is 0 Å². The van der Waals surface area contributed by atoms with Crippen molar-refractivity contribution in [3.8, 4) is 0 Å². The molecule has 0 unspecified atom stereocenters. The molecule has 0 fully saturated rings. The minimum Gasteiger partial charge on any atom is -0.465 e. The van der Waals surface area contributed by atoms with Gasteiger partial charge in [0, 0.05) is 4.75 Å². The molecule has 0 aliphatic carbocycles. The summed E-state index contributed by atoms with van der Waals surface area (Å²) in [6.07, 6.45) is -5.06. The lowest BCUT2D eigenvalue weighted by Crippen LogP contribution is -2.23. The number of ether oxygens (including phenoxy) is 1. The summed E-state index contributed by atoms with van der Waals surface area (Å²) in [5.41, 5.74) is -1.89. The minimum atomic E-state index is -5.06. The number of carbonyl (C=O) groups is 1. The Bertz CT molecular complexity index is 302. The quantitative estimate of drug-likeness (QED) is 0.432. The van der Waals surface area contributed by atoms with Gasteiger partial charge in [0.2, 0.25) is 0 Å². The van der Waals surface area contributed by atoms with E-state index < -0.39 is 27.6 Å². The van der Waals surface area contributed by atoms with E-state index in [9.17, 15) is 22.4 Å². The Labute approximate surface area is 95.0 Å². The molecule has 0 aliphatic heterocycles. The largest absolute Gasteiger partial charge is 0.465 e. The zero-order valence-electron chi connectivity index (χ0n) is 9.24. The number of esters is 1. The van der Waals surface area contributed by atoms with Crippen LogP contribution in [0.4, 0.5) is 17.6 Å². The number of hydrogen-bond acceptors (Lipinski definition) is 3. The monoisotopic (exact) mass is 260 g/mol. The molecule has 0 aromatic carbocycles. The third-order valence-electron chi connectivity index (χ3n) is 1.27. The average Bonchev–Trinajstić information content (AvgIpc) is 1.97. The van der Waals surface area contributed by atoms with Crippen molar-refractivity contribution in [2.24, 2.45) is 0 Å². The molecule has 0 aromatic rings. The maximum Gasteiger partial charge on any atom is 0.426 e. The van der Waals surface area contributed by atoms with Crippen LogP contribution in [0.5, 0.6) is 0 Å². The first-order valence-corrected chi connectivity index (χ1v) is 5.05. The van der Waals surface area contributed by atoms with Gasteiger partial charge in [0.05, 0.1) is 7.11 Å². The summed E-state index contributed by atoms with van der Waals surface area (Å²) < 4.78 is 53.6. The summed E-state index contributed by atoms with van der Waals surface area (Å²) in [4.78, 5) is 10.8. The fourth-order valence-corrected chi connectivity index (χ4v) is 1.57. The van der Waals surface area contributed by atoms with Gasteiger partial charge >= 0.3 is 12.1 Å². The fraction of sp³-hybridized carbons (Fsp3) is 0.667. The van der Waals surface area contributed by atoms with Gasteiger partial charge in [-0.05, 0) is 0 Å². The first-order valence-electron chi connectivity index (χ1n) is 4.23. The lowest BCUT2D eigenvalue weighted by atomic mass is 10.3. The zero-order valence-corrected chi connectivity index (χ0v) is 10.1. The molecule has 94 valence electrons. The molecule has 0 rings (SSSR count). The highest BCUT2D eigenvalue weighted by Crippen LogP contribution is 2.39. The molecule has 0 atom stereocenters. The minimum absolute atomic E-state index is 0.328. The maximum absolute atomic E-state index is 13.3. The highest BCUT2D eigenvalue weighted by atomic mass is 32.2. The van der Waals surface area contributed by atoms with Gasteiger partial charge in [-0.1, -0.05) is 32.5 Å². The van der Waals surface area contributed by atoms with E-state index in [1.165, 1.54) is 20.8 Å². The highest BCUT2D eigenvalue weighted by molar-refractivity contribution is 8.04. The van der Waals surface area contributed by atoms with Crippen molar-refractivity contribution >= 4 is 17.7 Å². The average molecular weight is 260 g/mol. The van der Waals surface area contributed by atoms with Crippen LogP contribution in [0.15, 0.2) is 10.7 Å². The van der Waals surface area contributed by atoms with E-state index in [1.54, 1.807) is 0 Å².